The van der Waals surface area contributed by atoms with Gasteiger partial charge in [0.1, 0.15) is 5.92 Å². The smallest absolute Gasteiger partial charge is 0.315 e. The number of carbonyl (C=O) groups excluding carboxylic acids is 2. The zero-order valence-electron chi connectivity index (χ0n) is 9.94. The van der Waals surface area contributed by atoms with Gasteiger partial charge in [0, 0.05) is 26.1 Å². The summed E-state index contributed by atoms with van der Waals surface area (Å²) in [6.45, 7) is 3.10. The van der Waals surface area contributed by atoms with Crippen molar-refractivity contribution >= 4 is 17.8 Å². The molecule has 0 aliphatic carbocycles. The van der Waals surface area contributed by atoms with E-state index in [4.69, 9.17) is 5.11 Å². The number of rotatable bonds is 5. The largest absolute Gasteiger partial charge is 0.481 e. The highest BCUT2D eigenvalue weighted by molar-refractivity contribution is 5.96. The lowest BCUT2D eigenvalue weighted by molar-refractivity contribution is -0.146. The van der Waals surface area contributed by atoms with Crippen molar-refractivity contribution in [2.24, 2.45) is 5.92 Å². The lowest BCUT2D eigenvalue weighted by Gasteiger charge is -2.15. The summed E-state index contributed by atoms with van der Waals surface area (Å²) in [5, 5.41) is 11.0. The second-order valence-corrected chi connectivity index (χ2v) is 4.19. The number of carboxylic acid groups (broad SMARTS) is 1. The first-order chi connectivity index (χ1) is 8.02. The Balaban J connectivity index is 2.21. The molecule has 1 fully saturated rings. The maximum Gasteiger partial charge on any atom is 0.315 e. The third-order valence-corrected chi connectivity index (χ3v) is 2.86. The SMILES string of the molecule is CC(C(=O)O)C(=O)NCCC(=O)N1CCCC1. The van der Waals surface area contributed by atoms with Crippen LogP contribution in [0.2, 0.25) is 0 Å². The normalized spacial score (nSPS) is 16.6. The Morgan fingerprint density at radius 1 is 1.29 bits per heavy atom. The van der Waals surface area contributed by atoms with Crippen LogP contribution < -0.4 is 5.32 Å². The molecule has 0 bridgehead atoms. The van der Waals surface area contributed by atoms with Crippen molar-refractivity contribution in [1.29, 1.82) is 0 Å². The van der Waals surface area contributed by atoms with Crippen molar-refractivity contribution in [3.05, 3.63) is 0 Å². The lowest BCUT2D eigenvalue weighted by Crippen LogP contribution is -2.36. The maximum atomic E-state index is 11.6. The number of nitrogens with zero attached hydrogens (tertiary/aromatic N) is 1. The Hall–Kier alpha value is -1.59. The topological polar surface area (TPSA) is 86.7 Å². The maximum absolute atomic E-state index is 11.6. The van der Waals surface area contributed by atoms with E-state index >= 15 is 0 Å². The van der Waals surface area contributed by atoms with Gasteiger partial charge in [-0.15, -0.1) is 0 Å². The summed E-state index contributed by atoms with van der Waals surface area (Å²) in [7, 11) is 0. The van der Waals surface area contributed by atoms with E-state index in [1.165, 1.54) is 6.92 Å². The van der Waals surface area contributed by atoms with Gasteiger partial charge in [-0.25, -0.2) is 0 Å². The molecule has 1 saturated heterocycles. The summed E-state index contributed by atoms with van der Waals surface area (Å²) in [6.07, 6.45) is 2.31. The summed E-state index contributed by atoms with van der Waals surface area (Å²) in [6, 6.07) is 0. The first-order valence-electron chi connectivity index (χ1n) is 5.80. The highest BCUT2D eigenvalue weighted by Crippen LogP contribution is 2.08. The fourth-order valence-electron chi connectivity index (χ4n) is 1.68. The summed E-state index contributed by atoms with van der Waals surface area (Å²) in [4.78, 5) is 35.1. The van der Waals surface area contributed by atoms with Crippen molar-refractivity contribution in [3.8, 4) is 0 Å². The highest BCUT2D eigenvalue weighted by Gasteiger charge is 2.21. The third-order valence-electron chi connectivity index (χ3n) is 2.86. The summed E-state index contributed by atoms with van der Waals surface area (Å²) in [5.74, 6) is -2.76. The number of aliphatic carboxylic acids is 1. The van der Waals surface area contributed by atoms with Gasteiger partial charge < -0.3 is 15.3 Å². The van der Waals surface area contributed by atoms with Gasteiger partial charge in [-0.05, 0) is 19.8 Å². The van der Waals surface area contributed by atoms with E-state index in [2.05, 4.69) is 5.32 Å². The fourth-order valence-corrected chi connectivity index (χ4v) is 1.68. The standard InChI is InChI=1S/C11H18N2O4/c1-8(11(16)17)10(15)12-5-4-9(14)13-6-2-3-7-13/h8H,2-7H2,1H3,(H,12,15)(H,16,17). The molecule has 0 radical (unpaired) electrons. The van der Waals surface area contributed by atoms with Gasteiger partial charge >= 0.3 is 5.97 Å². The molecular weight excluding hydrogens is 224 g/mol. The van der Waals surface area contributed by atoms with E-state index in [0.29, 0.717) is 0 Å². The highest BCUT2D eigenvalue weighted by atomic mass is 16.4. The van der Waals surface area contributed by atoms with E-state index in [0.717, 1.165) is 25.9 Å². The van der Waals surface area contributed by atoms with Crippen molar-refractivity contribution in [2.75, 3.05) is 19.6 Å². The number of nitrogens with one attached hydrogen (secondary N) is 1. The van der Waals surface area contributed by atoms with E-state index in [1.54, 1.807) is 4.90 Å². The first kappa shape index (κ1) is 13.5. The Bertz CT molecular complexity index is 311. The van der Waals surface area contributed by atoms with Crippen molar-refractivity contribution in [3.63, 3.8) is 0 Å². The Morgan fingerprint density at radius 2 is 1.88 bits per heavy atom. The second-order valence-electron chi connectivity index (χ2n) is 4.19. The number of amides is 2. The van der Waals surface area contributed by atoms with Crippen LogP contribution in [0.15, 0.2) is 0 Å². The van der Waals surface area contributed by atoms with Crippen molar-refractivity contribution in [1.82, 2.24) is 10.2 Å². The minimum atomic E-state index is -1.16. The predicted octanol–water partition coefficient (Wildman–Crippen LogP) is -0.164. The van der Waals surface area contributed by atoms with Crippen molar-refractivity contribution < 1.29 is 19.5 Å². The average Bonchev–Trinajstić information content (AvgIpc) is 2.80. The Morgan fingerprint density at radius 3 is 2.41 bits per heavy atom. The van der Waals surface area contributed by atoms with Crippen molar-refractivity contribution in [2.45, 2.75) is 26.2 Å². The predicted molar refractivity (Wildman–Crippen MR) is 60.2 cm³/mol. The molecule has 1 aliphatic rings. The molecule has 1 heterocycles. The van der Waals surface area contributed by atoms with Gasteiger partial charge in [0.05, 0.1) is 0 Å². The monoisotopic (exact) mass is 242 g/mol. The van der Waals surface area contributed by atoms with E-state index in [9.17, 15) is 14.4 Å². The number of carbonyl (C=O) groups is 3. The molecular formula is C11H18N2O4. The summed E-state index contributed by atoms with van der Waals surface area (Å²) in [5.41, 5.74) is 0. The molecule has 0 saturated carbocycles. The Labute approximate surface area is 100.0 Å². The number of carboxylic acids is 1. The van der Waals surface area contributed by atoms with Gasteiger partial charge in [-0.3, -0.25) is 14.4 Å². The van der Waals surface area contributed by atoms with Crippen LogP contribution in [-0.2, 0) is 14.4 Å². The first-order valence-corrected chi connectivity index (χ1v) is 5.80. The molecule has 0 spiro atoms. The summed E-state index contributed by atoms with van der Waals surface area (Å²) >= 11 is 0. The van der Waals surface area contributed by atoms with Crippen LogP contribution in [0.1, 0.15) is 26.2 Å². The molecule has 6 nitrogen and oxygen atoms in total. The molecule has 96 valence electrons. The van der Waals surface area contributed by atoms with Crippen LogP contribution in [0.25, 0.3) is 0 Å². The molecule has 2 N–H and O–H groups in total. The molecule has 2 amide bonds. The van der Waals surface area contributed by atoms with Crippen LogP contribution in [0.3, 0.4) is 0 Å². The van der Waals surface area contributed by atoms with Gasteiger partial charge in [0.15, 0.2) is 0 Å². The zero-order valence-corrected chi connectivity index (χ0v) is 9.94. The molecule has 0 aromatic carbocycles. The third kappa shape index (κ3) is 4.05. The van der Waals surface area contributed by atoms with E-state index in [-0.39, 0.29) is 18.9 Å². The molecule has 0 aromatic rings. The van der Waals surface area contributed by atoms with Crippen LogP contribution in [0.5, 0.6) is 0 Å². The minimum absolute atomic E-state index is 0.0192. The average molecular weight is 242 g/mol. The number of hydrogen-bond acceptors (Lipinski definition) is 3. The molecule has 1 aliphatic heterocycles. The second kappa shape index (κ2) is 6.22. The fraction of sp³-hybridized carbons (Fsp3) is 0.727. The molecule has 1 rings (SSSR count). The zero-order chi connectivity index (χ0) is 12.8. The van der Waals surface area contributed by atoms with E-state index < -0.39 is 17.8 Å². The van der Waals surface area contributed by atoms with Gasteiger partial charge in [-0.2, -0.15) is 0 Å². The van der Waals surface area contributed by atoms with Gasteiger partial charge in [-0.1, -0.05) is 0 Å². The lowest BCUT2D eigenvalue weighted by atomic mass is 10.2. The molecule has 17 heavy (non-hydrogen) atoms. The minimum Gasteiger partial charge on any atom is -0.481 e. The van der Waals surface area contributed by atoms with Gasteiger partial charge in [0.2, 0.25) is 11.8 Å². The van der Waals surface area contributed by atoms with Crippen LogP contribution >= 0.6 is 0 Å². The quantitative estimate of drug-likeness (QED) is 0.656. The van der Waals surface area contributed by atoms with Crippen LogP contribution in [-0.4, -0.2) is 47.4 Å². The number of hydrogen-bond donors (Lipinski definition) is 2. The molecule has 1 atom stereocenters. The van der Waals surface area contributed by atoms with E-state index in [1.807, 2.05) is 0 Å². The number of likely N-dealkylation sites (tertiary alicyclic amines) is 1. The van der Waals surface area contributed by atoms with Crippen LogP contribution in [0.4, 0.5) is 0 Å². The molecule has 0 aromatic heterocycles. The molecule has 1 unspecified atom stereocenters. The Kier molecular flexibility index (Phi) is 4.93. The molecule has 6 heteroatoms. The van der Waals surface area contributed by atoms with Gasteiger partial charge in [0.25, 0.3) is 0 Å². The van der Waals surface area contributed by atoms with Crippen LogP contribution in [0, 0.1) is 5.92 Å². The summed E-state index contributed by atoms with van der Waals surface area (Å²) < 4.78 is 0.